The lowest BCUT2D eigenvalue weighted by Crippen LogP contribution is -2.35. The van der Waals surface area contributed by atoms with Crippen molar-refractivity contribution in [3.63, 3.8) is 0 Å². The Hall–Kier alpha value is -2.28. The lowest BCUT2D eigenvalue weighted by Gasteiger charge is -2.14. The first-order chi connectivity index (χ1) is 9.61. The van der Waals surface area contributed by atoms with Gasteiger partial charge in [-0.05, 0) is 41.5 Å². The Kier molecular flexibility index (Phi) is 4.41. The number of anilines is 1. The third kappa shape index (κ3) is 3.18. The first-order valence-corrected chi connectivity index (χ1v) is 6.52. The molecule has 1 aromatic carbocycles. The highest BCUT2D eigenvalue weighted by Crippen LogP contribution is 2.19. The van der Waals surface area contributed by atoms with Gasteiger partial charge in [-0.15, -0.1) is 5.10 Å². The predicted octanol–water partition coefficient (Wildman–Crippen LogP) is 1.04. The fourth-order valence-electron chi connectivity index (χ4n) is 1.83. The predicted molar refractivity (Wildman–Crippen MR) is 75.4 cm³/mol. The fourth-order valence-corrected chi connectivity index (χ4v) is 1.83. The molecule has 1 unspecified atom stereocenters. The van der Waals surface area contributed by atoms with Crippen molar-refractivity contribution in [2.75, 3.05) is 5.32 Å². The number of carbonyl (C=O) groups is 1. The molecule has 1 heterocycles. The molecular formula is C13H18N6O. The number of aromatic nitrogens is 4. The van der Waals surface area contributed by atoms with Crippen LogP contribution in [-0.4, -0.2) is 32.2 Å². The Morgan fingerprint density at radius 1 is 1.50 bits per heavy atom. The van der Waals surface area contributed by atoms with Crippen LogP contribution in [0.5, 0.6) is 0 Å². The van der Waals surface area contributed by atoms with Crippen molar-refractivity contribution >= 4 is 11.6 Å². The van der Waals surface area contributed by atoms with E-state index in [1.165, 1.54) is 11.0 Å². The number of nitrogens with two attached hydrogens (primary N) is 1. The molecule has 0 spiro atoms. The lowest BCUT2D eigenvalue weighted by atomic mass is 10.1. The van der Waals surface area contributed by atoms with E-state index in [4.69, 9.17) is 5.73 Å². The summed E-state index contributed by atoms with van der Waals surface area (Å²) in [7, 11) is 0. The van der Waals surface area contributed by atoms with Crippen molar-refractivity contribution < 1.29 is 4.79 Å². The number of tetrazole rings is 1. The Morgan fingerprint density at radius 2 is 2.30 bits per heavy atom. The van der Waals surface area contributed by atoms with E-state index >= 15 is 0 Å². The van der Waals surface area contributed by atoms with Crippen molar-refractivity contribution in [1.29, 1.82) is 0 Å². The molecule has 0 bridgehead atoms. The minimum Gasteiger partial charge on any atom is -0.324 e. The van der Waals surface area contributed by atoms with Crippen LogP contribution in [0, 0.1) is 6.92 Å². The second-order valence-electron chi connectivity index (χ2n) is 4.64. The Labute approximate surface area is 117 Å². The first kappa shape index (κ1) is 14.1. The van der Waals surface area contributed by atoms with Gasteiger partial charge < -0.3 is 11.1 Å². The van der Waals surface area contributed by atoms with E-state index in [0.29, 0.717) is 6.42 Å². The van der Waals surface area contributed by atoms with Gasteiger partial charge in [0.05, 0.1) is 11.7 Å². The minimum absolute atomic E-state index is 0.177. The maximum Gasteiger partial charge on any atom is 0.241 e. The van der Waals surface area contributed by atoms with Crippen molar-refractivity contribution in [1.82, 2.24) is 20.2 Å². The van der Waals surface area contributed by atoms with Crippen LogP contribution in [0.1, 0.15) is 25.3 Å². The molecule has 7 nitrogen and oxygen atoms in total. The summed E-state index contributed by atoms with van der Waals surface area (Å²) in [6, 6.07) is 5.11. The summed E-state index contributed by atoms with van der Waals surface area (Å²) >= 11 is 0. The van der Waals surface area contributed by atoms with E-state index in [2.05, 4.69) is 20.8 Å². The van der Waals surface area contributed by atoms with E-state index in [-0.39, 0.29) is 5.91 Å². The van der Waals surface area contributed by atoms with Crippen molar-refractivity contribution in [3.05, 3.63) is 30.1 Å². The molecule has 1 amide bonds. The number of nitrogens with zero attached hydrogens (tertiary/aromatic N) is 4. The molecule has 20 heavy (non-hydrogen) atoms. The first-order valence-electron chi connectivity index (χ1n) is 6.52. The molecule has 3 N–H and O–H groups in total. The highest BCUT2D eigenvalue weighted by molar-refractivity contribution is 5.95. The third-order valence-electron chi connectivity index (χ3n) is 3.03. The van der Waals surface area contributed by atoms with Gasteiger partial charge in [0.2, 0.25) is 5.91 Å². The van der Waals surface area contributed by atoms with E-state index in [0.717, 1.165) is 23.4 Å². The monoisotopic (exact) mass is 274 g/mol. The van der Waals surface area contributed by atoms with Gasteiger partial charge in [0.25, 0.3) is 0 Å². The van der Waals surface area contributed by atoms with Gasteiger partial charge >= 0.3 is 0 Å². The van der Waals surface area contributed by atoms with Gasteiger partial charge in [-0.3, -0.25) is 4.79 Å². The summed E-state index contributed by atoms with van der Waals surface area (Å²) in [6.07, 6.45) is 3.04. The highest BCUT2D eigenvalue weighted by atomic mass is 16.2. The van der Waals surface area contributed by atoms with Crippen molar-refractivity contribution in [3.8, 4) is 5.69 Å². The number of carbonyl (C=O) groups excluding carboxylic acids is 1. The summed E-state index contributed by atoms with van der Waals surface area (Å²) in [5.74, 6) is -0.177. The van der Waals surface area contributed by atoms with Gasteiger partial charge in [-0.1, -0.05) is 19.4 Å². The zero-order valence-corrected chi connectivity index (χ0v) is 11.6. The van der Waals surface area contributed by atoms with Gasteiger partial charge in [-0.25, -0.2) is 4.68 Å². The van der Waals surface area contributed by atoms with E-state index in [1.807, 2.05) is 32.0 Å². The number of benzene rings is 1. The van der Waals surface area contributed by atoms with Crippen molar-refractivity contribution in [2.24, 2.45) is 5.73 Å². The van der Waals surface area contributed by atoms with Gasteiger partial charge in [0, 0.05) is 5.69 Å². The number of aryl methyl sites for hydroxylation is 1. The van der Waals surface area contributed by atoms with E-state index < -0.39 is 6.04 Å². The molecule has 0 radical (unpaired) electrons. The molecule has 0 saturated heterocycles. The van der Waals surface area contributed by atoms with Crippen LogP contribution >= 0.6 is 0 Å². The summed E-state index contributed by atoms with van der Waals surface area (Å²) < 4.78 is 1.53. The molecule has 0 saturated carbocycles. The molecular weight excluding hydrogens is 256 g/mol. The quantitative estimate of drug-likeness (QED) is 0.848. The Balaban J connectivity index is 2.19. The van der Waals surface area contributed by atoms with Crippen LogP contribution in [0.25, 0.3) is 5.69 Å². The van der Waals surface area contributed by atoms with Crippen LogP contribution in [0.4, 0.5) is 5.69 Å². The number of rotatable bonds is 5. The molecule has 0 aliphatic carbocycles. The second-order valence-corrected chi connectivity index (χ2v) is 4.64. The zero-order chi connectivity index (χ0) is 14.5. The smallest absolute Gasteiger partial charge is 0.241 e. The Morgan fingerprint density at radius 3 is 2.95 bits per heavy atom. The largest absolute Gasteiger partial charge is 0.324 e. The highest BCUT2D eigenvalue weighted by Gasteiger charge is 2.14. The molecule has 1 aromatic heterocycles. The lowest BCUT2D eigenvalue weighted by molar-refractivity contribution is -0.117. The molecule has 1 atom stereocenters. The van der Waals surface area contributed by atoms with E-state index in [1.54, 1.807) is 0 Å². The zero-order valence-electron chi connectivity index (χ0n) is 11.6. The third-order valence-corrected chi connectivity index (χ3v) is 3.03. The van der Waals surface area contributed by atoms with E-state index in [9.17, 15) is 4.79 Å². The number of nitrogens with one attached hydrogen (secondary N) is 1. The number of hydrogen-bond donors (Lipinski definition) is 2. The molecule has 7 heteroatoms. The summed E-state index contributed by atoms with van der Waals surface area (Å²) in [6.45, 7) is 3.92. The molecule has 2 aromatic rings. The second kappa shape index (κ2) is 6.25. The number of amides is 1. The maximum atomic E-state index is 12.0. The normalized spacial score (nSPS) is 12.2. The maximum absolute atomic E-state index is 12.0. The topological polar surface area (TPSA) is 98.7 Å². The van der Waals surface area contributed by atoms with Crippen LogP contribution in [0.15, 0.2) is 24.5 Å². The Bertz CT molecular complexity index is 581. The van der Waals surface area contributed by atoms with Crippen LogP contribution in [0.2, 0.25) is 0 Å². The van der Waals surface area contributed by atoms with Crippen LogP contribution in [0.3, 0.4) is 0 Å². The SMILES string of the molecule is CCCC(N)C(=O)Nc1cc(-n2cnnn2)ccc1C. The average molecular weight is 274 g/mol. The molecule has 0 aliphatic heterocycles. The van der Waals surface area contributed by atoms with Crippen LogP contribution < -0.4 is 11.1 Å². The molecule has 2 rings (SSSR count). The minimum atomic E-state index is -0.490. The summed E-state index contributed by atoms with van der Waals surface area (Å²) in [5.41, 5.74) is 8.26. The molecule has 0 aliphatic rings. The number of hydrogen-bond acceptors (Lipinski definition) is 5. The fraction of sp³-hybridized carbons (Fsp3) is 0.385. The van der Waals surface area contributed by atoms with Gasteiger partial charge in [0.15, 0.2) is 0 Å². The van der Waals surface area contributed by atoms with Crippen molar-refractivity contribution in [2.45, 2.75) is 32.7 Å². The summed E-state index contributed by atoms with van der Waals surface area (Å²) in [4.78, 5) is 12.0. The van der Waals surface area contributed by atoms with Gasteiger partial charge in [-0.2, -0.15) is 0 Å². The molecule has 0 fully saturated rings. The average Bonchev–Trinajstić information content (AvgIpc) is 2.95. The standard InChI is InChI=1S/C13H18N6O/c1-3-4-11(14)13(20)16-12-7-10(6-5-9(12)2)19-8-15-17-18-19/h5-8,11H,3-4,14H2,1-2H3,(H,16,20). The molecule has 106 valence electrons. The summed E-state index contributed by atoms with van der Waals surface area (Å²) in [5, 5.41) is 13.8. The van der Waals surface area contributed by atoms with Gasteiger partial charge in [0.1, 0.15) is 6.33 Å². The van der Waals surface area contributed by atoms with Crippen LogP contribution in [-0.2, 0) is 4.79 Å².